The summed E-state index contributed by atoms with van der Waals surface area (Å²) in [7, 11) is 0. The van der Waals surface area contributed by atoms with Crippen molar-refractivity contribution >= 4 is 0 Å². The highest BCUT2D eigenvalue weighted by Gasteiger charge is 2.17. The van der Waals surface area contributed by atoms with Gasteiger partial charge < -0.3 is 10.5 Å². The number of fused-ring (bicyclic) bond motifs is 1. The molecule has 0 saturated heterocycles. The number of ether oxygens (including phenoxy) is 1. The zero-order valence-corrected chi connectivity index (χ0v) is 10.3. The van der Waals surface area contributed by atoms with Crippen LogP contribution in [0.3, 0.4) is 0 Å². The van der Waals surface area contributed by atoms with Crippen molar-refractivity contribution < 1.29 is 4.74 Å². The zero-order chi connectivity index (χ0) is 11.5. The number of hydrogen-bond acceptors (Lipinski definition) is 2. The molecule has 1 aromatic carbocycles. The second-order valence-corrected chi connectivity index (χ2v) is 4.81. The highest BCUT2D eigenvalue weighted by Crippen LogP contribution is 2.32. The molecule has 1 atom stereocenters. The minimum absolute atomic E-state index is 0.221. The first-order chi connectivity index (χ1) is 7.68. The van der Waals surface area contributed by atoms with Gasteiger partial charge in [0.05, 0.1) is 6.61 Å². The van der Waals surface area contributed by atoms with Gasteiger partial charge in [0, 0.05) is 6.04 Å². The summed E-state index contributed by atoms with van der Waals surface area (Å²) in [6.07, 6.45) is 4.57. The van der Waals surface area contributed by atoms with Crippen molar-refractivity contribution in [3.05, 3.63) is 28.8 Å². The Balaban J connectivity index is 2.08. The number of rotatable bonds is 4. The van der Waals surface area contributed by atoms with Gasteiger partial charge in [-0.05, 0) is 62.3 Å². The number of nitrogens with two attached hydrogens (primary N) is 1. The Labute approximate surface area is 97.8 Å². The predicted molar refractivity (Wildman–Crippen MR) is 67.0 cm³/mol. The SMILES string of the molecule is Cc1ccc(OCCC(C)N)c2c1CCC2. The Morgan fingerprint density at radius 2 is 2.06 bits per heavy atom. The average Bonchev–Trinajstić information content (AvgIpc) is 2.70. The summed E-state index contributed by atoms with van der Waals surface area (Å²) in [6, 6.07) is 4.50. The Morgan fingerprint density at radius 1 is 1.31 bits per heavy atom. The van der Waals surface area contributed by atoms with Crippen LogP contribution in [0.25, 0.3) is 0 Å². The van der Waals surface area contributed by atoms with Gasteiger partial charge in [-0.2, -0.15) is 0 Å². The van der Waals surface area contributed by atoms with E-state index < -0.39 is 0 Å². The molecule has 0 heterocycles. The van der Waals surface area contributed by atoms with Crippen LogP contribution in [0.1, 0.15) is 36.5 Å². The molecule has 2 nitrogen and oxygen atoms in total. The van der Waals surface area contributed by atoms with Gasteiger partial charge >= 0.3 is 0 Å². The molecule has 1 aromatic rings. The molecule has 0 fully saturated rings. The van der Waals surface area contributed by atoms with Crippen LogP contribution in [0, 0.1) is 6.92 Å². The van der Waals surface area contributed by atoms with Gasteiger partial charge in [0.1, 0.15) is 5.75 Å². The van der Waals surface area contributed by atoms with E-state index in [4.69, 9.17) is 10.5 Å². The molecule has 0 saturated carbocycles. The van der Waals surface area contributed by atoms with Crippen molar-refractivity contribution in [2.75, 3.05) is 6.61 Å². The monoisotopic (exact) mass is 219 g/mol. The van der Waals surface area contributed by atoms with E-state index in [-0.39, 0.29) is 6.04 Å². The third kappa shape index (κ3) is 2.38. The summed E-state index contributed by atoms with van der Waals surface area (Å²) in [5, 5.41) is 0. The first-order valence-electron chi connectivity index (χ1n) is 6.18. The van der Waals surface area contributed by atoms with Crippen molar-refractivity contribution in [2.24, 2.45) is 5.73 Å². The van der Waals surface area contributed by atoms with Crippen molar-refractivity contribution in [1.82, 2.24) is 0 Å². The van der Waals surface area contributed by atoms with Crippen LogP contribution >= 0.6 is 0 Å². The van der Waals surface area contributed by atoms with Gasteiger partial charge in [-0.3, -0.25) is 0 Å². The van der Waals surface area contributed by atoms with Crippen LogP contribution in [-0.2, 0) is 12.8 Å². The van der Waals surface area contributed by atoms with E-state index in [2.05, 4.69) is 19.1 Å². The van der Waals surface area contributed by atoms with Crippen LogP contribution in [0.15, 0.2) is 12.1 Å². The van der Waals surface area contributed by atoms with E-state index in [0.717, 1.165) is 18.8 Å². The van der Waals surface area contributed by atoms with Crippen LogP contribution in [0.4, 0.5) is 0 Å². The van der Waals surface area contributed by atoms with E-state index in [0.29, 0.717) is 0 Å². The van der Waals surface area contributed by atoms with Crippen LogP contribution in [-0.4, -0.2) is 12.6 Å². The summed E-state index contributed by atoms with van der Waals surface area (Å²) in [5.41, 5.74) is 10.1. The molecule has 2 heteroatoms. The first kappa shape index (κ1) is 11.5. The predicted octanol–water partition coefficient (Wildman–Crippen LogP) is 2.60. The normalized spacial score (nSPS) is 15.9. The van der Waals surface area contributed by atoms with E-state index in [9.17, 15) is 0 Å². The fraction of sp³-hybridized carbons (Fsp3) is 0.571. The maximum Gasteiger partial charge on any atom is 0.122 e. The number of benzene rings is 1. The minimum atomic E-state index is 0.221. The summed E-state index contributed by atoms with van der Waals surface area (Å²) in [6.45, 7) is 4.94. The smallest absolute Gasteiger partial charge is 0.122 e. The van der Waals surface area contributed by atoms with Gasteiger partial charge in [0.2, 0.25) is 0 Å². The molecule has 0 bridgehead atoms. The van der Waals surface area contributed by atoms with E-state index >= 15 is 0 Å². The van der Waals surface area contributed by atoms with Crippen molar-refractivity contribution in [2.45, 2.75) is 45.6 Å². The lowest BCUT2D eigenvalue weighted by Gasteiger charge is -2.13. The van der Waals surface area contributed by atoms with Crippen LogP contribution in [0.2, 0.25) is 0 Å². The maximum atomic E-state index is 5.83. The molecule has 0 amide bonds. The second-order valence-electron chi connectivity index (χ2n) is 4.81. The average molecular weight is 219 g/mol. The highest BCUT2D eigenvalue weighted by molar-refractivity contribution is 5.47. The molecule has 2 rings (SSSR count). The highest BCUT2D eigenvalue weighted by atomic mass is 16.5. The lowest BCUT2D eigenvalue weighted by atomic mass is 10.0. The Morgan fingerprint density at radius 3 is 2.81 bits per heavy atom. The Bertz CT molecular complexity index is 371. The molecule has 0 aliphatic heterocycles. The Kier molecular flexibility index (Phi) is 3.49. The van der Waals surface area contributed by atoms with Gasteiger partial charge in [-0.1, -0.05) is 6.07 Å². The molecule has 0 aromatic heterocycles. The van der Waals surface area contributed by atoms with Crippen molar-refractivity contribution in [1.29, 1.82) is 0 Å². The maximum absolute atomic E-state index is 5.83. The molecule has 2 N–H and O–H groups in total. The molecule has 88 valence electrons. The summed E-state index contributed by atoms with van der Waals surface area (Å²) < 4.78 is 5.83. The van der Waals surface area contributed by atoms with Crippen molar-refractivity contribution in [3.63, 3.8) is 0 Å². The van der Waals surface area contributed by atoms with Crippen LogP contribution < -0.4 is 10.5 Å². The molecular weight excluding hydrogens is 198 g/mol. The second kappa shape index (κ2) is 4.88. The lowest BCUT2D eigenvalue weighted by Crippen LogP contribution is -2.18. The van der Waals surface area contributed by atoms with Gasteiger partial charge in [0.25, 0.3) is 0 Å². The quantitative estimate of drug-likeness (QED) is 0.844. The minimum Gasteiger partial charge on any atom is -0.493 e. The molecule has 1 aliphatic carbocycles. The largest absolute Gasteiger partial charge is 0.493 e. The van der Waals surface area contributed by atoms with E-state index in [1.54, 1.807) is 0 Å². The van der Waals surface area contributed by atoms with Crippen LogP contribution in [0.5, 0.6) is 5.75 Å². The number of aryl methyl sites for hydroxylation is 1. The first-order valence-corrected chi connectivity index (χ1v) is 6.18. The fourth-order valence-corrected chi connectivity index (χ4v) is 2.34. The summed E-state index contributed by atoms with van der Waals surface area (Å²) >= 11 is 0. The standard InChI is InChI=1S/C14H21NO/c1-10-6-7-14(16-9-8-11(2)15)13-5-3-4-12(10)13/h6-7,11H,3-5,8-9,15H2,1-2H3. The molecule has 1 unspecified atom stereocenters. The third-order valence-electron chi connectivity index (χ3n) is 3.31. The molecule has 0 radical (unpaired) electrons. The zero-order valence-electron chi connectivity index (χ0n) is 10.3. The Hall–Kier alpha value is -1.02. The van der Waals surface area contributed by atoms with Gasteiger partial charge in [-0.15, -0.1) is 0 Å². The third-order valence-corrected chi connectivity index (χ3v) is 3.31. The fourth-order valence-electron chi connectivity index (χ4n) is 2.34. The number of hydrogen-bond donors (Lipinski definition) is 1. The molecule has 0 spiro atoms. The van der Waals surface area contributed by atoms with E-state index in [1.807, 2.05) is 6.92 Å². The molecular formula is C14H21NO. The molecule has 1 aliphatic rings. The van der Waals surface area contributed by atoms with E-state index in [1.165, 1.54) is 36.0 Å². The topological polar surface area (TPSA) is 35.2 Å². The van der Waals surface area contributed by atoms with Crippen molar-refractivity contribution in [3.8, 4) is 5.75 Å². The molecule has 16 heavy (non-hydrogen) atoms. The lowest BCUT2D eigenvalue weighted by molar-refractivity contribution is 0.298. The summed E-state index contributed by atoms with van der Waals surface area (Å²) in [5.74, 6) is 1.08. The van der Waals surface area contributed by atoms with Gasteiger partial charge in [-0.25, -0.2) is 0 Å². The summed E-state index contributed by atoms with van der Waals surface area (Å²) in [4.78, 5) is 0. The van der Waals surface area contributed by atoms with Gasteiger partial charge in [0.15, 0.2) is 0 Å².